The van der Waals surface area contributed by atoms with Gasteiger partial charge >= 0.3 is 6.18 Å². The number of hydrogen-bond acceptors (Lipinski definition) is 5. The summed E-state index contributed by atoms with van der Waals surface area (Å²) in [5.74, 6) is -0.626. The smallest absolute Gasteiger partial charge is 0.352 e. The minimum Gasteiger partial charge on any atom is -0.352 e. The fraction of sp³-hybridized carbons (Fsp3) is 0.333. The van der Waals surface area contributed by atoms with E-state index < -0.39 is 18.1 Å². The minimum absolute atomic E-state index is 0.0672. The molecular weight excluding hydrogens is 323 g/mol. The first-order chi connectivity index (χ1) is 11.3. The van der Waals surface area contributed by atoms with Gasteiger partial charge in [-0.3, -0.25) is 9.78 Å². The van der Waals surface area contributed by atoms with Crippen molar-refractivity contribution in [3.05, 3.63) is 48.0 Å². The van der Waals surface area contributed by atoms with E-state index in [9.17, 15) is 18.0 Å². The maximum Gasteiger partial charge on any atom is 0.412 e. The van der Waals surface area contributed by atoms with Gasteiger partial charge in [-0.25, -0.2) is 9.97 Å². The Hall–Kier alpha value is -2.71. The Bertz CT molecular complexity index is 674. The molecule has 2 aromatic rings. The highest BCUT2D eigenvalue weighted by Crippen LogP contribution is 2.32. The van der Waals surface area contributed by atoms with Crippen LogP contribution in [0.3, 0.4) is 0 Å². The van der Waals surface area contributed by atoms with Gasteiger partial charge in [0.1, 0.15) is 0 Å². The van der Waals surface area contributed by atoms with Crippen LogP contribution in [0.4, 0.5) is 19.1 Å². The van der Waals surface area contributed by atoms with Crippen molar-refractivity contribution in [1.82, 2.24) is 20.3 Å². The van der Waals surface area contributed by atoms with Crippen molar-refractivity contribution in [3.63, 3.8) is 0 Å². The SMILES string of the molecule is CC(C)Nc1ncc(C(=O)N[C@@H](c2cccnc2)C(F)(F)F)cn1. The van der Waals surface area contributed by atoms with Crippen molar-refractivity contribution >= 4 is 11.9 Å². The third kappa shape index (κ3) is 4.64. The monoisotopic (exact) mass is 339 g/mol. The molecule has 0 saturated carbocycles. The van der Waals surface area contributed by atoms with Crippen molar-refractivity contribution < 1.29 is 18.0 Å². The molecule has 0 aromatic carbocycles. The molecule has 128 valence electrons. The highest BCUT2D eigenvalue weighted by atomic mass is 19.4. The maximum atomic E-state index is 13.2. The number of amides is 1. The molecule has 0 aliphatic carbocycles. The molecule has 0 radical (unpaired) electrons. The number of alkyl halides is 3. The third-order valence-corrected chi connectivity index (χ3v) is 2.95. The van der Waals surface area contributed by atoms with Gasteiger partial charge in [0.25, 0.3) is 5.91 Å². The van der Waals surface area contributed by atoms with E-state index in [0.717, 1.165) is 6.20 Å². The molecule has 0 unspecified atom stereocenters. The van der Waals surface area contributed by atoms with Crippen molar-refractivity contribution in [2.75, 3.05) is 5.32 Å². The van der Waals surface area contributed by atoms with E-state index in [1.54, 1.807) is 0 Å². The van der Waals surface area contributed by atoms with Crippen molar-refractivity contribution in [1.29, 1.82) is 0 Å². The Labute approximate surface area is 136 Å². The number of carbonyl (C=O) groups excluding carboxylic acids is 1. The molecule has 2 rings (SSSR count). The van der Waals surface area contributed by atoms with Crippen molar-refractivity contribution in [2.45, 2.75) is 32.1 Å². The summed E-state index contributed by atoms with van der Waals surface area (Å²) in [6.07, 6.45) is 0.101. The van der Waals surface area contributed by atoms with Crippen LogP contribution in [0.5, 0.6) is 0 Å². The standard InChI is InChI=1S/C15H16F3N5O/c1-9(2)22-14-20-7-11(8-21-14)13(24)23-12(15(16,17)18)10-4-3-5-19-6-10/h3-9,12H,1-2H3,(H,23,24)(H,20,21,22)/t12-/m0/s1. The Morgan fingerprint density at radius 2 is 1.83 bits per heavy atom. The molecule has 0 fully saturated rings. The minimum atomic E-state index is -4.65. The second-order valence-corrected chi connectivity index (χ2v) is 5.33. The molecule has 0 spiro atoms. The number of aromatic nitrogens is 3. The van der Waals surface area contributed by atoms with Crippen LogP contribution in [0.25, 0.3) is 0 Å². The van der Waals surface area contributed by atoms with Crippen LogP contribution < -0.4 is 10.6 Å². The van der Waals surface area contributed by atoms with Gasteiger partial charge in [-0.1, -0.05) is 6.07 Å². The van der Waals surface area contributed by atoms with Gasteiger partial charge in [-0.2, -0.15) is 13.2 Å². The Kier molecular flexibility index (Phi) is 5.32. The zero-order valence-corrected chi connectivity index (χ0v) is 13.0. The van der Waals surface area contributed by atoms with Crippen molar-refractivity contribution in [2.24, 2.45) is 0 Å². The molecule has 0 aliphatic heterocycles. The maximum absolute atomic E-state index is 13.2. The second kappa shape index (κ2) is 7.24. The summed E-state index contributed by atoms with van der Waals surface area (Å²) in [5, 5.41) is 4.87. The summed E-state index contributed by atoms with van der Waals surface area (Å²) in [6.45, 7) is 3.76. The van der Waals surface area contributed by atoms with Gasteiger partial charge in [-0.15, -0.1) is 0 Å². The number of rotatable bonds is 5. The molecule has 1 amide bonds. The molecule has 0 bridgehead atoms. The van der Waals surface area contributed by atoms with E-state index in [2.05, 4.69) is 20.3 Å². The van der Waals surface area contributed by atoms with E-state index in [4.69, 9.17) is 0 Å². The topological polar surface area (TPSA) is 79.8 Å². The fourth-order valence-electron chi connectivity index (χ4n) is 1.89. The molecule has 2 aromatic heterocycles. The number of pyridine rings is 1. The normalized spacial score (nSPS) is 12.8. The Morgan fingerprint density at radius 1 is 1.17 bits per heavy atom. The molecule has 2 N–H and O–H groups in total. The summed E-state index contributed by atoms with van der Waals surface area (Å²) in [5.41, 5.74) is -0.222. The van der Waals surface area contributed by atoms with Crippen molar-refractivity contribution in [3.8, 4) is 0 Å². The van der Waals surface area contributed by atoms with E-state index in [0.29, 0.717) is 5.95 Å². The van der Waals surface area contributed by atoms with Crippen LogP contribution >= 0.6 is 0 Å². The van der Waals surface area contributed by atoms with Gasteiger partial charge < -0.3 is 10.6 Å². The average Bonchev–Trinajstić information content (AvgIpc) is 2.52. The van der Waals surface area contributed by atoms with Gasteiger partial charge in [-0.05, 0) is 19.9 Å². The van der Waals surface area contributed by atoms with Gasteiger partial charge in [0.2, 0.25) is 5.95 Å². The first-order valence-electron chi connectivity index (χ1n) is 7.13. The van der Waals surface area contributed by atoms with Gasteiger partial charge in [0.15, 0.2) is 6.04 Å². The predicted octanol–water partition coefficient (Wildman–Crippen LogP) is 2.73. The van der Waals surface area contributed by atoms with Crippen LogP contribution in [-0.4, -0.2) is 33.1 Å². The fourth-order valence-corrected chi connectivity index (χ4v) is 1.89. The highest BCUT2D eigenvalue weighted by Gasteiger charge is 2.42. The molecular formula is C15H16F3N5O. The zero-order valence-electron chi connectivity index (χ0n) is 13.0. The van der Waals surface area contributed by atoms with Crippen LogP contribution in [0.15, 0.2) is 36.9 Å². The molecule has 0 saturated heterocycles. The highest BCUT2D eigenvalue weighted by molar-refractivity contribution is 5.94. The average molecular weight is 339 g/mol. The first-order valence-corrected chi connectivity index (χ1v) is 7.13. The van der Waals surface area contributed by atoms with Crippen LogP contribution in [0.1, 0.15) is 35.8 Å². The number of halogens is 3. The lowest BCUT2D eigenvalue weighted by atomic mass is 10.1. The summed E-state index contributed by atoms with van der Waals surface area (Å²) >= 11 is 0. The largest absolute Gasteiger partial charge is 0.412 e. The van der Waals surface area contributed by atoms with Gasteiger partial charge in [0, 0.05) is 36.4 Å². The number of nitrogens with one attached hydrogen (secondary N) is 2. The summed E-state index contributed by atoms with van der Waals surface area (Å²) in [4.78, 5) is 23.5. The molecule has 1 atom stereocenters. The lowest BCUT2D eigenvalue weighted by Gasteiger charge is -2.21. The van der Waals surface area contributed by atoms with E-state index >= 15 is 0 Å². The van der Waals surface area contributed by atoms with Gasteiger partial charge in [0.05, 0.1) is 5.56 Å². The number of anilines is 1. The van der Waals surface area contributed by atoms with Crippen LogP contribution in [-0.2, 0) is 0 Å². The summed E-state index contributed by atoms with van der Waals surface area (Å²) in [6, 6.07) is 0.546. The quantitative estimate of drug-likeness (QED) is 0.875. The Balaban J connectivity index is 2.16. The number of carbonyl (C=O) groups is 1. The molecule has 6 nitrogen and oxygen atoms in total. The van der Waals surface area contributed by atoms with E-state index in [1.807, 2.05) is 19.2 Å². The van der Waals surface area contributed by atoms with E-state index in [1.165, 1.54) is 30.7 Å². The zero-order chi connectivity index (χ0) is 17.7. The second-order valence-electron chi connectivity index (χ2n) is 5.33. The third-order valence-electron chi connectivity index (χ3n) is 2.95. The molecule has 24 heavy (non-hydrogen) atoms. The molecule has 9 heteroatoms. The lowest BCUT2D eigenvalue weighted by molar-refractivity contribution is -0.155. The lowest BCUT2D eigenvalue weighted by Crippen LogP contribution is -2.38. The number of hydrogen-bond donors (Lipinski definition) is 2. The summed E-state index contributed by atoms with van der Waals surface area (Å²) in [7, 11) is 0. The van der Waals surface area contributed by atoms with Crippen LogP contribution in [0.2, 0.25) is 0 Å². The molecule has 0 aliphatic rings. The molecule has 2 heterocycles. The van der Waals surface area contributed by atoms with Crippen LogP contribution in [0, 0.1) is 0 Å². The summed E-state index contributed by atoms with van der Waals surface area (Å²) < 4.78 is 39.6. The predicted molar refractivity (Wildman–Crippen MR) is 81.3 cm³/mol. The Morgan fingerprint density at radius 3 is 2.33 bits per heavy atom. The first kappa shape index (κ1) is 17.6. The number of nitrogens with zero attached hydrogens (tertiary/aromatic N) is 3. The van der Waals surface area contributed by atoms with E-state index in [-0.39, 0.29) is 17.2 Å².